The number of carbonyl (C=O) groups is 2. The topological polar surface area (TPSA) is 83.8 Å². The molecule has 0 spiro atoms. The number of carboxylic acid groups (broad SMARTS) is 2. The first-order valence-electron chi connectivity index (χ1n) is 6.38. The zero-order chi connectivity index (χ0) is 16.4. The molecular weight excluding hydrogens is 319 g/mol. The zero-order valence-corrected chi connectivity index (χ0v) is 13.3. The number of ether oxygens (including phenoxy) is 1. The minimum atomic E-state index is -1.01. The Labute approximate surface area is 133 Å². The lowest BCUT2D eigenvalue weighted by atomic mass is 10.2. The van der Waals surface area contributed by atoms with Gasteiger partial charge in [-0.3, -0.25) is 4.79 Å². The Hall–Kier alpha value is -1.46. The van der Waals surface area contributed by atoms with Gasteiger partial charge >= 0.3 is 11.9 Å². The highest BCUT2D eigenvalue weighted by Gasteiger charge is 2.17. The third kappa shape index (κ3) is 8.42. The predicted octanol–water partition coefficient (Wildman–Crippen LogP) is 4.11. The van der Waals surface area contributed by atoms with Crippen LogP contribution in [0.3, 0.4) is 0 Å². The summed E-state index contributed by atoms with van der Waals surface area (Å²) in [4.78, 5) is 20.3. The highest BCUT2D eigenvalue weighted by molar-refractivity contribution is 6.35. The minimum Gasteiger partial charge on any atom is -0.481 e. The van der Waals surface area contributed by atoms with E-state index in [0.29, 0.717) is 28.6 Å². The second kappa shape index (κ2) is 10.3. The van der Waals surface area contributed by atoms with Crippen LogP contribution in [-0.2, 0) is 9.59 Å². The average Bonchev–Trinajstić information content (AvgIpc) is 2.38. The second-order valence-corrected chi connectivity index (χ2v) is 4.92. The van der Waals surface area contributed by atoms with Gasteiger partial charge in [-0.25, -0.2) is 4.79 Å². The molecule has 0 bridgehead atoms. The van der Waals surface area contributed by atoms with Gasteiger partial charge in [-0.15, -0.1) is 0 Å². The van der Waals surface area contributed by atoms with Crippen LogP contribution < -0.4 is 4.74 Å². The van der Waals surface area contributed by atoms with E-state index in [1.165, 1.54) is 6.07 Å². The van der Waals surface area contributed by atoms with Gasteiger partial charge in [-0.1, -0.05) is 37.0 Å². The standard InChI is InChI=1S/C10H10Cl2O3.C4H8O2/c1-2-8(10(13)14)15-9-4-3-6(11)5-7(9)12;1-2-3-4(5)6/h3-5,8H,2H2,1H3,(H,13,14);2-3H2,1H3,(H,5,6). The summed E-state index contributed by atoms with van der Waals surface area (Å²) in [6.07, 6.45) is 0.507. The van der Waals surface area contributed by atoms with Gasteiger partial charge in [0.2, 0.25) is 0 Å². The summed E-state index contributed by atoms with van der Waals surface area (Å²) < 4.78 is 5.22. The number of halogens is 2. The molecule has 0 aliphatic rings. The average molecular weight is 337 g/mol. The van der Waals surface area contributed by atoms with E-state index in [0.717, 1.165) is 6.42 Å². The van der Waals surface area contributed by atoms with Crippen molar-refractivity contribution in [1.29, 1.82) is 0 Å². The van der Waals surface area contributed by atoms with E-state index in [4.69, 9.17) is 38.2 Å². The summed E-state index contributed by atoms with van der Waals surface area (Å²) in [6.45, 7) is 3.57. The fraction of sp³-hybridized carbons (Fsp3) is 0.429. The van der Waals surface area contributed by atoms with Gasteiger partial charge in [0.25, 0.3) is 0 Å². The molecule has 0 radical (unpaired) electrons. The van der Waals surface area contributed by atoms with Crippen molar-refractivity contribution in [3.8, 4) is 5.75 Å². The molecule has 0 saturated carbocycles. The summed E-state index contributed by atoms with van der Waals surface area (Å²) in [5.74, 6) is -1.39. The van der Waals surface area contributed by atoms with Crippen molar-refractivity contribution in [3.05, 3.63) is 28.2 Å². The van der Waals surface area contributed by atoms with Crippen molar-refractivity contribution in [2.45, 2.75) is 39.2 Å². The highest BCUT2D eigenvalue weighted by atomic mass is 35.5. The molecule has 0 fully saturated rings. The molecular formula is C14H18Cl2O5. The number of hydrogen-bond donors (Lipinski definition) is 2. The van der Waals surface area contributed by atoms with Crippen LogP contribution >= 0.6 is 23.2 Å². The van der Waals surface area contributed by atoms with E-state index in [2.05, 4.69) is 0 Å². The molecule has 7 heteroatoms. The van der Waals surface area contributed by atoms with Crippen molar-refractivity contribution >= 4 is 35.1 Å². The Morgan fingerprint density at radius 3 is 2.19 bits per heavy atom. The smallest absolute Gasteiger partial charge is 0.344 e. The molecule has 0 aromatic heterocycles. The molecule has 0 saturated heterocycles. The summed E-state index contributed by atoms with van der Waals surface area (Å²) in [5.41, 5.74) is 0. The Morgan fingerprint density at radius 1 is 1.24 bits per heavy atom. The van der Waals surface area contributed by atoms with E-state index in [1.807, 2.05) is 6.92 Å². The number of hydrogen-bond acceptors (Lipinski definition) is 3. The van der Waals surface area contributed by atoms with E-state index in [-0.39, 0.29) is 0 Å². The molecule has 21 heavy (non-hydrogen) atoms. The second-order valence-electron chi connectivity index (χ2n) is 4.07. The molecule has 1 unspecified atom stereocenters. The van der Waals surface area contributed by atoms with E-state index < -0.39 is 18.0 Å². The fourth-order valence-corrected chi connectivity index (χ4v) is 1.70. The molecule has 0 amide bonds. The molecule has 118 valence electrons. The van der Waals surface area contributed by atoms with Gasteiger partial charge < -0.3 is 14.9 Å². The highest BCUT2D eigenvalue weighted by Crippen LogP contribution is 2.28. The van der Waals surface area contributed by atoms with Crippen LogP contribution in [0.5, 0.6) is 5.75 Å². The van der Waals surface area contributed by atoms with Crippen LogP contribution in [0, 0.1) is 0 Å². The molecule has 0 aliphatic carbocycles. The Morgan fingerprint density at radius 2 is 1.86 bits per heavy atom. The lowest BCUT2D eigenvalue weighted by Gasteiger charge is -2.14. The summed E-state index contributed by atoms with van der Waals surface area (Å²) in [5, 5.41) is 17.5. The van der Waals surface area contributed by atoms with Crippen LogP contribution in [0.25, 0.3) is 0 Å². The predicted molar refractivity (Wildman–Crippen MR) is 81.3 cm³/mol. The number of benzene rings is 1. The SMILES string of the molecule is CCC(Oc1ccc(Cl)cc1Cl)C(=O)O.CCCC(=O)O. The molecule has 1 rings (SSSR count). The van der Waals surface area contributed by atoms with Gasteiger partial charge in [0, 0.05) is 11.4 Å². The quantitative estimate of drug-likeness (QED) is 0.816. The van der Waals surface area contributed by atoms with E-state index in [1.54, 1.807) is 19.1 Å². The number of carboxylic acids is 2. The van der Waals surface area contributed by atoms with Crippen molar-refractivity contribution in [3.63, 3.8) is 0 Å². The van der Waals surface area contributed by atoms with E-state index >= 15 is 0 Å². The third-order valence-corrected chi connectivity index (χ3v) is 2.80. The van der Waals surface area contributed by atoms with Crippen molar-refractivity contribution in [2.24, 2.45) is 0 Å². The van der Waals surface area contributed by atoms with Crippen molar-refractivity contribution in [2.75, 3.05) is 0 Å². The monoisotopic (exact) mass is 336 g/mol. The largest absolute Gasteiger partial charge is 0.481 e. The molecule has 0 heterocycles. The molecule has 0 aliphatic heterocycles. The number of aliphatic carboxylic acids is 2. The van der Waals surface area contributed by atoms with Crippen LogP contribution in [0.4, 0.5) is 0 Å². The maximum atomic E-state index is 10.7. The molecule has 1 atom stereocenters. The lowest BCUT2D eigenvalue weighted by molar-refractivity contribution is -0.145. The van der Waals surface area contributed by atoms with Gasteiger partial charge in [0.05, 0.1) is 5.02 Å². The van der Waals surface area contributed by atoms with Crippen LogP contribution in [-0.4, -0.2) is 28.3 Å². The maximum absolute atomic E-state index is 10.7. The van der Waals surface area contributed by atoms with Gasteiger partial charge in [-0.2, -0.15) is 0 Å². The summed E-state index contributed by atoms with van der Waals surface area (Å²) >= 11 is 11.5. The first-order chi connectivity index (χ1) is 9.81. The molecule has 5 nitrogen and oxygen atoms in total. The first kappa shape index (κ1) is 19.5. The van der Waals surface area contributed by atoms with Crippen LogP contribution in [0.15, 0.2) is 18.2 Å². The van der Waals surface area contributed by atoms with Crippen molar-refractivity contribution < 1.29 is 24.5 Å². The Kier molecular flexibility index (Phi) is 9.58. The first-order valence-corrected chi connectivity index (χ1v) is 7.13. The minimum absolute atomic E-state index is 0.292. The third-order valence-electron chi connectivity index (χ3n) is 2.27. The Bertz CT molecular complexity index is 476. The molecule has 2 N–H and O–H groups in total. The fourth-order valence-electron chi connectivity index (χ4n) is 1.25. The molecule has 1 aromatic rings. The summed E-state index contributed by atoms with van der Waals surface area (Å²) in [6, 6.07) is 4.65. The molecule has 1 aromatic carbocycles. The number of rotatable bonds is 6. The zero-order valence-electron chi connectivity index (χ0n) is 11.8. The maximum Gasteiger partial charge on any atom is 0.344 e. The van der Waals surface area contributed by atoms with Gasteiger partial charge in [0.1, 0.15) is 5.75 Å². The van der Waals surface area contributed by atoms with Gasteiger partial charge in [-0.05, 0) is 31.0 Å². The Balaban J connectivity index is 0.000000567. The van der Waals surface area contributed by atoms with Crippen LogP contribution in [0.1, 0.15) is 33.1 Å². The van der Waals surface area contributed by atoms with Crippen LogP contribution in [0.2, 0.25) is 10.0 Å². The van der Waals surface area contributed by atoms with Crippen molar-refractivity contribution in [1.82, 2.24) is 0 Å². The van der Waals surface area contributed by atoms with Gasteiger partial charge in [0.15, 0.2) is 6.10 Å². The van der Waals surface area contributed by atoms with E-state index in [9.17, 15) is 9.59 Å². The summed E-state index contributed by atoms with van der Waals surface area (Å²) in [7, 11) is 0. The normalized spacial score (nSPS) is 11.0. The lowest BCUT2D eigenvalue weighted by Crippen LogP contribution is -2.25.